The Morgan fingerprint density at radius 1 is 1.29 bits per heavy atom. The molecule has 7 heteroatoms. The standard InChI is InChI=1S/C14H25N3O3S/c1-11(2)17(9-6-10-18)12-7-5-8-13(14(12)15)21(19,20)16(3)4/h5,7-8,11,18H,6,9-10,15H2,1-4H3. The number of aliphatic hydroxyl groups is 1. The molecule has 0 radical (unpaired) electrons. The van der Waals surface area contributed by atoms with Gasteiger partial charge in [-0.05, 0) is 32.4 Å². The highest BCUT2D eigenvalue weighted by Crippen LogP contribution is 2.32. The van der Waals surface area contributed by atoms with Gasteiger partial charge in [0.25, 0.3) is 0 Å². The van der Waals surface area contributed by atoms with Crippen molar-refractivity contribution in [3.8, 4) is 0 Å². The van der Waals surface area contributed by atoms with Crippen LogP contribution in [0.4, 0.5) is 11.4 Å². The molecule has 0 saturated heterocycles. The zero-order chi connectivity index (χ0) is 16.2. The van der Waals surface area contributed by atoms with Gasteiger partial charge in [0, 0.05) is 33.3 Å². The van der Waals surface area contributed by atoms with Crippen LogP contribution in [0, 0.1) is 0 Å². The average molecular weight is 315 g/mol. The number of para-hydroxylation sites is 1. The van der Waals surface area contributed by atoms with E-state index >= 15 is 0 Å². The lowest BCUT2D eigenvalue weighted by molar-refractivity contribution is 0.288. The summed E-state index contributed by atoms with van der Waals surface area (Å²) in [6.45, 7) is 4.70. The van der Waals surface area contributed by atoms with Crippen LogP contribution in [-0.4, -0.2) is 51.1 Å². The van der Waals surface area contributed by atoms with E-state index in [1.165, 1.54) is 20.2 Å². The van der Waals surface area contributed by atoms with Crippen molar-refractivity contribution in [1.82, 2.24) is 4.31 Å². The minimum absolute atomic E-state index is 0.0822. The Morgan fingerprint density at radius 2 is 1.90 bits per heavy atom. The summed E-state index contributed by atoms with van der Waals surface area (Å²) < 4.78 is 25.7. The van der Waals surface area contributed by atoms with Gasteiger partial charge < -0.3 is 15.7 Å². The Morgan fingerprint density at radius 3 is 2.38 bits per heavy atom. The normalized spacial score (nSPS) is 12.1. The lowest BCUT2D eigenvalue weighted by Gasteiger charge is -2.30. The Kier molecular flexibility index (Phi) is 6.00. The summed E-state index contributed by atoms with van der Waals surface area (Å²) in [5.74, 6) is 0. The molecule has 0 saturated carbocycles. The average Bonchev–Trinajstić information content (AvgIpc) is 2.40. The molecule has 0 fully saturated rings. The maximum atomic E-state index is 12.3. The molecular formula is C14H25N3O3S. The highest BCUT2D eigenvalue weighted by atomic mass is 32.2. The van der Waals surface area contributed by atoms with Crippen molar-refractivity contribution in [3.63, 3.8) is 0 Å². The smallest absolute Gasteiger partial charge is 0.244 e. The van der Waals surface area contributed by atoms with Gasteiger partial charge in [-0.3, -0.25) is 0 Å². The summed E-state index contributed by atoms with van der Waals surface area (Å²) in [6, 6.07) is 5.16. The van der Waals surface area contributed by atoms with Crippen molar-refractivity contribution < 1.29 is 13.5 Å². The number of hydrogen-bond donors (Lipinski definition) is 2. The molecule has 6 nitrogen and oxygen atoms in total. The summed E-state index contributed by atoms with van der Waals surface area (Å²) in [5.41, 5.74) is 7.04. The number of nitrogen functional groups attached to an aromatic ring is 1. The number of nitrogens with two attached hydrogens (primary N) is 1. The van der Waals surface area contributed by atoms with Crippen molar-refractivity contribution in [3.05, 3.63) is 18.2 Å². The minimum Gasteiger partial charge on any atom is -0.396 e. The highest BCUT2D eigenvalue weighted by molar-refractivity contribution is 7.89. The molecule has 0 spiro atoms. The van der Waals surface area contributed by atoms with E-state index in [2.05, 4.69) is 0 Å². The first-order valence-electron chi connectivity index (χ1n) is 6.92. The van der Waals surface area contributed by atoms with Gasteiger partial charge in [0.2, 0.25) is 10.0 Å². The summed E-state index contributed by atoms with van der Waals surface area (Å²) in [7, 11) is -0.618. The van der Waals surface area contributed by atoms with Gasteiger partial charge in [-0.2, -0.15) is 0 Å². The Hall–Kier alpha value is -1.31. The van der Waals surface area contributed by atoms with Crippen LogP contribution < -0.4 is 10.6 Å². The fourth-order valence-electron chi connectivity index (χ4n) is 2.10. The molecule has 120 valence electrons. The van der Waals surface area contributed by atoms with E-state index in [-0.39, 0.29) is 23.2 Å². The number of sulfonamides is 1. The fraction of sp³-hybridized carbons (Fsp3) is 0.571. The summed E-state index contributed by atoms with van der Waals surface area (Å²) in [5, 5.41) is 9.01. The molecule has 0 bridgehead atoms. The first-order chi connectivity index (χ1) is 9.73. The largest absolute Gasteiger partial charge is 0.396 e. The topological polar surface area (TPSA) is 86.9 Å². The van der Waals surface area contributed by atoms with E-state index in [1.54, 1.807) is 12.1 Å². The molecule has 21 heavy (non-hydrogen) atoms. The maximum Gasteiger partial charge on any atom is 0.244 e. The number of aliphatic hydroxyl groups excluding tert-OH is 1. The van der Waals surface area contributed by atoms with E-state index in [4.69, 9.17) is 10.8 Å². The summed E-state index contributed by atoms with van der Waals surface area (Å²) in [6.07, 6.45) is 0.599. The van der Waals surface area contributed by atoms with Gasteiger partial charge in [0.1, 0.15) is 4.90 Å². The quantitative estimate of drug-likeness (QED) is 0.736. The van der Waals surface area contributed by atoms with Gasteiger partial charge in [0.15, 0.2) is 0 Å². The fourth-order valence-corrected chi connectivity index (χ4v) is 3.13. The predicted octanol–water partition coefficient (Wildman–Crippen LogP) is 1.12. The van der Waals surface area contributed by atoms with Crippen LogP contribution in [0.2, 0.25) is 0 Å². The van der Waals surface area contributed by atoms with Gasteiger partial charge in [0.05, 0.1) is 11.4 Å². The van der Waals surface area contributed by atoms with Crippen LogP contribution in [0.15, 0.2) is 23.1 Å². The second kappa shape index (κ2) is 7.11. The van der Waals surface area contributed by atoms with Crippen LogP contribution in [0.1, 0.15) is 20.3 Å². The Balaban J connectivity index is 3.33. The van der Waals surface area contributed by atoms with Gasteiger partial charge in [-0.15, -0.1) is 0 Å². The van der Waals surface area contributed by atoms with Crippen LogP contribution in [0.3, 0.4) is 0 Å². The molecule has 0 unspecified atom stereocenters. The molecular weight excluding hydrogens is 290 g/mol. The van der Waals surface area contributed by atoms with Gasteiger partial charge in [-0.1, -0.05) is 6.07 Å². The Labute approximate surface area is 127 Å². The SMILES string of the molecule is CC(C)N(CCCO)c1cccc(S(=O)(=O)N(C)C)c1N. The number of anilines is 2. The second-order valence-electron chi connectivity index (χ2n) is 5.34. The van der Waals surface area contributed by atoms with Crippen LogP contribution in [0.5, 0.6) is 0 Å². The van der Waals surface area contributed by atoms with Crippen molar-refractivity contribution in [2.24, 2.45) is 0 Å². The van der Waals surface area contributed by atoms with Crippen LogP contribution in [0.25, 0.3) is 0 Å². The summed E-state index contributed by atoms with van der Waals surface area (Å²) in [4.78, 5) is 2.11. The predicted molar refractivity (Wildman–Crippen MR) is 85.9 cm³/mol. The molecule has 1 aromatic carbocycles. The molecule has 0 aliphatic rings. The molecule has 0 atom stereocenters. The second-order valence-corrected chi connectivity index (χ2v) is 7.46. The molecule has 0 heterocycles. The van der Waals surface area contributed by atoms with Gasteiger partial charge in [-0.25, -0.2) is 12.7 Å². The van der Waals surface area contributed by atoms with Crippen molar-refractivity contribution in [2.45, 2.75) is 31.2 Å². The van der Waals surface area contributed by atoms with Crippen LogP contribution >= 0.6 is 0 Å². The van der Waals surface area contributed by atoms with E-state index in [0.717, 1.165) is 4.31 Å². The minimum atomic E-state index is -3.58. The molecule has 1 rings (SSSR count). The third-order valence-corrected chi connectivity index (χ3v) is 5.16. The third kappa shape index (κ3) is 3.87. The number of rotatable bonds is 7. The number of benzene rings is 1. The number of nitrogens with zero attached hydrogens (tertiary/aromatic N) is 2. The lowest BCUT2D eigenvalue weighted by atomic mass is 10.2. The van der Waals surface area contributed by atoms with Gasteiger partial charge >= 0.3 is 0 Å². The molecule has 0 aromatic heterocycles. The van der Waals surface area contributed by atoms with E-state index in [9.17, 15) is 8.42 Å². The van der Waals surface area contributed by atoms with E-state index < -0.39 is 10.0 Å². The molecule has 1 aromatic rings. The first kappa shape index (κ1) is 17.7. The maximum absolute atomic E-state index is 12.3. The zero-order valence-corrected chi connectivity index (χ0v) is 13.9. The summed E-state index contributed by atoms with van der Waals surface area (Å²) >= 11 is 0. The zero-order valence-electron chi connectivity index (χ0n) is 13.1. The monoisotopic (exact) mass is 315 g/mol. The third-order valence-electron chi connectivity index (χ3n) is 3.29. The van der Waals surface area contributed by atoms with Crippen LogP contribution in [-0.2, 0) is 10.0 Å². The number of hydrogen-bond acceptors (Lipinski definition) is 5. The van der Waals surface area contributed by atoms with Crippen molar-refractivity contribution in [1.29, 1.82) is 0 Å². The van der Waals surface area contributed by atoms with E-state index in [0.29, 0.717) is 18.7 Å². The first-order valence-corrected chi connectivity index (χ1v) is 8.36. The van der Waals surface area contributed by atoms with Crippen molar-refractivity contribution in [2.75, 3.05) is 37.9 Å². The van der Waals surface area contributed by atoms with Crippen molar-refractivity contribution >= 4 is 21.4 Å². The molecule has 0 aliphatic heterocycles. The lowest BCUT2D eigenvalue weighted by Crippen LogP contribution is -2.33. The molecule has 0 aliphatic carbocycles. The highest BCUT2D eigenvalue weighted by Gasteiger charge is 2.24. The molecule has 3 N–H and O–H groups in total. The Bertz CT molecular complexity index is 571. The molecule has 0 amide bonds. The van der Waals surface area contributed by atoms with E-state index in [1.807, 2.05) is 18.7 Å².